The van der Waals surface area contributed by atoms with Gasteiger partial charge in [0.1, 0.15) is 5.82 Å². The Bertz CT molecular complexity index is 610. The molecule has 0 aliphatic carbocycles. The molecule has 1 aliphatic heterocycles. The van der Waals surface area contributed by atoms with E-state index in [0.29, 0.717) is 0 Å². The Kier molecular flexibility index (Phi) is 3.94. The van der Waals surface area contributed by atoms with Gasteiger partial charge in [-0.1, -0.05) is 0 Å². The molecule has 114 valence electrons. The second-order valence-electron chi connectivity index (χ2n) is 5.57. The third kappa shape index (κ3) is 2.54. The van der Waals surface area contributed by atoms with E-state index in [0.717, 1.165) is 49.0 Å². The Labute approximate surface area is 125 Å². The number of hydrogen-bond donors (Lipinski definition) is 0. The molecule has 6 nitrogen and oxygen atoms in total. The van der Waals surface area contributed by atoms with Gasteiger partial charge in [0.05, 0.1) is 11.6 Å². The molecule has 0 bridgehead atoms. The highest BCUT2D eigenvalue weighted by atomic mass is 15.3. The van der Waals surface area contributed by atoms with Crippen molar-refractivity contribution in [1.29, 1.82) is 0 Å². The van der Waals surface area contributed by atoms with Crippen LogP contribution in [0.5, 0.6) is 0 Å². The summed E-state index contributed by atoms with van der Waals surface area (Å²) in [5.74, 6) is 1.87. The third-order valence-electron chi connectivity index (χ3n) is 4.26. The van der Waals surface area contributed by atoms with Gasteiger partial charge in [0, 0.05) is 33.2 Å². The maximum atomic E-state index is 4.87. The molecule has 0 atom stereocenters. The van der Waals surface area contributed by atoms with Gasteiger partial charge in [0.2, 0.25) is 5.95 Å². The Hall–Kier alpha value is -1.85. The first-order valence-corrected chi connectivity index (χ1v) is 7.94. The monoisotopic (exact) mass is 288 g/mol. The standard InChI is InChI=1S/C15H24N6/c1-4-20(5-2)15-17-13-12(11-16-19(13)3)14(18-15)21-9-7-6-8-10-21/h11H,4-10H2,1-3H3. The first-order valence-electron chi connectivity index (χ1n) is 7.94. The van der Waals surface area contributed by atoms with Gasteiger partial charge < -0.3 is 9.80 Å². The summed E-state index contributed by atoms with van der Waals surface area (Å²) < 4.78 is 1.84. The Morgan fingerprint density at radius 2 is 1.81 bits per heavy atom. The molecule has 0 N–H and O–H groups in total. The van der Waals surface area contributed by atoms with Crippen molar-refractivity contribution in [2.24, 2.45) is 7.05 Å². The van der Waals surface area contributed by atoms with E-state index in [1.807, 2.05) is 17.9 Å². The lowest BCUT2D eigenvalue weighted by Gasteiger charge is -2.29. The minimum absolute atomic E-state index is 0.816. The molecule has 2 aromatic rings. The zero-order chi connectivity index (χ0) is 14.8. The van der Waals surface area contributed by atoms with Crippen LogP contribution in [-0.4, -0.2) is 45.9 Å². The van der Waals surface area contributed by atoms with Crippen molar-refractivity contribution in [2.45, 2.75) is 33.1 Å². The predicted octanol–water partition coefficient (Wildman–Crippen LogP) is 2.20. The minimum atomic E-state index is 0.816. The number of aryl methyl sites for hydroxylation is 1. The zero-order valence-electron chi connectivity index (χ0n) is 13.2. The van der Waals surface area contributed by atoms with Crippen LogP contribution >= 0.6 is 0 Å². The molecule has 0 saturated carbocycles. The van der Waals surface area contributed by atoms with Gasteiger partial charge in [-0.2, -0.15) is 15.1 Å². The summed E-state index contributed by atoms with van der Waals surface area (Å²) in [6.45, 7) is 8.28. The number of fused-ring (bicyclic) bond motifs is 1. The Morgan fingerprint density at radius 1 is 1.10 bits per heavy atom. The van der Waals surface area contributed by atoms with Crippen LogP contribution in [0, 0.1) is 0 Å². The molecule has 0 spiro atoms. The van der Waals surface area contributed by atoms with Crippen LogP contribution in [-0.2, 0) is 7.05 Å². The highest BCUT2D eigenvalue weighted by Crippen LogP contribution is 2.28. The number of rotatable bonds is 4. The van der Waals surface area contributed by atoms with Gasteiger partial charge in [-0.05, 0) is 33.1 Å². The molecule has 2 aromatic heterocycles. The number of aromatic nitrogens is 4. The molecule has 6 heteroatoms. The van der Waals surface area contributed by atoms with Gasteiger partial charge in [-0.3, -0.25) is 4.68 Å². The quantitative estimate of drug-likeness (QED) is 0.863. The van der Waals surface area contributed by atoms with E-state index in [-0.39, 0.29) is 0 Å². The van der Waals surface area contributed by atoms with E-state index in [1.165, 1.54) is 19.3 Å². The second kappa shape index (κ2) is 5.87. The number of hydrogen-bond acceptors (Lipinski definition) is 5. The minimum Gasteiger partial charge on any atom is -0.356 e. The van der Waals surface area contributed by atoms with Crippen molar-refractivity contribution in [3.8, 4) is 0 Å². The van der Waals surface area contributed by atoms with E-state index < -0.39 is 0 Å². The first-order chi connectivity index (χ1) is 10.2. The smallest absolute Gasteiger partial charge is 0.229 e. The Balaban J connectivity index is 2.11. The highest BCUT2D eigenvalue weighted by molar-refractivity contribution is 5.88. The molecule has 21 heavy (non-hydrogen) atoms. The molecule has 0 aromatic carbocycles. The highest BCUT2D eigenvalue weighted by Gasteiger charge is 2.20. The predicted molar refractivity (Wildman–Crippen MR) is 85.9 cm³/mol. The summed E-state index contributed by atoms with van der Waals surface area (Å²) in [6, 6.07) is 0. The molecule has 0 radical (unpaired) electrons. The molecule has 1 fully saturated rings. The van der Waals surface area contributed by atoms with Gasteiger partial charge in [-0.15, -0.1) is 0 Å². The van der Waals surface area contributed by atoms with Crippen molar-refractivity contribution < 1.29 is 0 Å². The average molecular weight is 288 g/mol. The van der Waals surface area contributed by atoms with E-state index in [4.69, 9.17) is 9.97 Å². The van der Waals surface area contributed by atoms with E-state index in [9.17, 15) is 0 Å². The number of anilines is 2. The molecular weight excluding hydrogens is 264 g/mol. The lowest BCUT2D eigenvalue weighted by Crippen LogP contribution is -2.31. The lowest BCUT2D eigenvalue weighted by molar-refractivity contribution is 0.574. The molecule has 0 amide bonds. The normalized spacial score (nSPS) is 15.7. The Morgan fingerprint density at radius 3 is 2.48 bits per heavy atom. The molecule has 1 saturated heterocycles. The summed E-state index contributed by atoms with van der Waals surface area (Å²) in [5.41, 5.74) is 0.924. The topological polar surface area (TPSA) is 50.1 Å². The van der Waals surface area contributed by atoms with Crippen LogP contribution in [0.4, 0.5) is 11.8 Å². The van der Waals surface area contributed by atoms with Crippen LogP contribution in [0.1, 0.15) is 33.1 Å². The van der Waals surface area contributed by atoms with Crippen molar-refractivity contribution in [2.75, 3.05) is 36.0 Å². The SMILES string of the molecule is CCN(CC)c1nc(N2CCCCC2)c2cnn(C)c2n1. The van der Waals surface area contributed by atoms with Gasteiger partial charge in [-0.25, -0.2) is 0 Å². The third-order valence-corrected chi connectivity index (χ3v) is 4.26. The van der Waals surface area contributed by atoms with Crippen molar-refractivity contribution in [1.82, 2.24) is 19.7 Å². The van der Waals surface area contributed by atoms with Crippen LogP contribution in [0.15, 0.2) is 6.20 Å². The summed E-state index contributed by atoms with van der Waals surface area (Å²) >= 11 is 0. The van der Waals surface area contributed by atoms with E-state index in [2.05, 4.69) is 28.7 Å². The molecule has 1 aliphatic rings. The largest absolute Gasteiger partial charge is 0.356 e. The summed E-state index contributed by atoms with van der Waals surface area (Å²) in [5, 5.41) is 5.44. The van der Waals surface area contributed by atoms with Crippen LogP contribution < -0.4 is 9.80 Å². The van der Waals surface area contributed by atoms with Crippen molar-refractivity contribution in [3.63, 3.8) is 0 Å². The first kappa shape index (κ1) is 14.1. The fourth-order valence-electron chi connectivity index (χ4n) is 2.99. The number of nitrogens with zero attached hydrogens (tertiary/aromatic N) is 6. The van der Waals surface area contributed by atoms with Gasteiger partial charge >= 0.3 is 0 Å². The van der Waals surface area contributed by atoms with Gasteiger partial charge in [0.15, 0.2) is 5.65 Å². The van der Waals surface area contributed by atoms with Crippen molar-refractivity contribution >= 4 is 22.8 Å². The fourth-order valence-corrected chi connectivity index (χ4v) is 2.99. The molecule has 0 unspecified atom stereocenters. The van der Waals surface area contributed by atoms with E-state index >= 15 is 0 Å². The fraction of sp³-hybridized carbons (Fsp3) is 0.667. The lowest BCUT2D eigenvalue weighted by atomic mass is 10.1. The zero-order valence-corrected chi connectivity index (χ0v) is 13.2. The van der Waals surface area contributed by atoms with Gasteiger partial charge in [0.25, 0.3) is 0 Å². The molecule has 3 heterocycles. The van der Waals surface area contributed by atoms with Crippen LogP contribution in [0.3, 0.4) is 0 Å². The van der Waals surface area contributed by atoms with Crippen LogP contribution in [0.25, 0.3) is 11.0 Å². The maximum absolute atomic E-state index is 4.87. The summed E-state index contributed by atoms with van der Waals surface area (Å²) in [7, 11) is 1.95. The van der Waals surface area contributed by atoms with Crippen LogP contribution in [0.2, 0.25) is 0 Å². The summed E-state index contributed by atoms with van der Waals surface area (Å²) in [4.78, 5) is 14.2. The van der Waals surface area contributed by atoms with E-state index in [1.54, 1.807) is 0 Å². The summed E-state index contributed by atoms with van der Waals surface area (Å²) in [6.07, 6.45) is 5.70. The number of piperidine rings is 1. The second-order valence-corrected chi connectivity index (χ2v) is 5.57. The molecular formula is C15H24N6. The maximum Gasteiger partial charge on any atom is 0.229 e. The molecule has 3 rings (SSSR count). The average Bonchev–Trinajstić information content (AvgIpc) is 2.90. The van der Waals surface area contributed by atoms with Crippen molar-refractivity contribution in [3.05, 3.63) is 6.20 Å².